The lowest BCUT2D eigenvalue weighted by Gasteiger charge is -2.18. The quantitative estimate of drug-likeness (QED) is 0.0263. The topological polar surface area (TPSA) is 78.9 Å². The zero-order valence-electron chi connectivity index (χ0n) is 40.0. The summed E-state index contributed by atoms with van der Waals surface area (Å²) in [4.78, 5) is 37.9. The molecular weight excluding hydrogens is 745 g/mol. The maximum absolute atomic E-state index is 12.8. The number of ether oxygens (including phenoxy) is 3. The first-order chi connectivity index (χ1) is 29.5. The van der Waals surface area contributed by atoms with Gasteiger partial charge in [-0.2, -0.15) is 0 Å². The number of hydrogen-bond acceptors (Lipinski definition) is 6. The highest BCUT2D eigenvalue weighted by Gasteiger charge is 2.19. The first kappa shape index (κ1) is 57.6. The summed E-state index contributed by atoms with van der Waals surface area (Å²) in [6.07, 6.45) is 57.0. The lowest BCUT2D eigenvalue weighted by molar-refractivity contribution is -0.167. The van der Waals surface area contributed by atoms with E-state index in [9.17, 15) is 14.4 Å². The number of allylic oxidation sites excluding steroid dienone is 6. The minimum atomic E-state index is -0.780. The maximum Gasteiger partial charge on any atom is 0.306 e. The van der Waals surface area contributed by atoms with Crippen LogP contribution in [0, 0.1) is 0 Å². The van der Waals surface area contributed by atoms with E-state index in [4.69, 9.17) is 14.2 Å². The normalized spacial score (nSPS) is 12.2. The number of unbranched alkanes of at least 4 members (excludes halogenated alkanes) is 30. The second kappa shape index (κ2) is 49.3. The molecule has 0 N–H and O–H groups in total. The van der Waals surface area contributed by atoms with Crippen molar-refractivity contribution in [2.24, 2.45) is 0 Å². The Morgan fingerprint density at radius 3 is 0.883 bits per heavy atom. The van der Waals surface area contributed by atoms with Gasteiger partial charge in [0.1, 0.15) is 13.2 Å². The lowest BCUT2D eigenvalue weighted by atomic mass is 10.1. The fraction of sp³-hybridized carbons (Fsp3) is 0.833. The monoisotopic (exact) mass is 843 g/mol. The van der Waals surface area contributed by atoms with Crippen molar-refractivity contribution in [3.05, 3.63) is 36.5 Å². The van der Waals surface area contributed by atoms with Gasteiger partial charge in [0.2, 0.25) is 0 Å². The molecule has 0 saturated carbocycles. The van der Waals surface area contributed by atoms with E-state index in [0.717, 1.165) is 83.5 Å². The highest BCUT2D eigenvalue weighted by atomic mass is 16.6. The number of rotatable bonds is 47. The van der Waals surface area contributed by atoms with Crippen LogP contribution >= 0.6 is 0 Å². The molecule has 6 heteroatoms. The molecule has 1 unspecified atom stereocenters. The van der Waals surface area contributed by atoms with Crippen molar-refractivity contribution in [2.75, 3.05) is 13.2 Å². The van der Waals surface area contributed by atoms with Gasteiger partial charge in [0.05, 0.1) is 0 Å². The van der Waals surface area contributed by atoms with Crippen molar-refractivity contribution >= 4 is 17.9 Å². The first-order valence-electron chi connectivity index (χ1n) is 26.0. The van der Waals surface area contributed by atoms with E-state index in [0.29, 0.717) is 19.3 Å². The van der Waals surface area contributed by atoms with Crippen molar-refractivity contribution in [3.8, 4) is 0 Å². The largest absolute Gasteiger partial charge is 0.462 e. The number of esters is 3. The van der Waals surface area contributed by atoms with E-state index in [1.807, 2.05) is 0 Å². The molecule has 0 saturated heterocycles. The summed E-state index contributed by atoms with van der Waals surface area (Å²) in [7, 11) is 0. The Morgan fingerprint density at radius 1 is 0.317 bits per heavy atom. The van der Waals surface area contributed by atoms with Crippen molar-refractivity contribution in [1.29, 1.82) is 0 Å². The Balaban J connectivity index is 4.37. The molecule has 0 spiro atoms. The molecule has 0 fully saturated rings. The molecule has 0 aromatic rings. The Morgan fingerprint density at radius 2 is 0.567 bits per heavy atom. The summed E-state index contributed by atoms with van der Waals surface area (Å²) in [6.45, 7) is 6.59. The van der Waals surface area contributed by atoms with Crippen LogP contribution in [0.3, 0.4) is 0 Å². The van der Waals surface area contributed by atoms with E-state index >= 15 is 0 Å². The third kappa shape index (κ3) is 46.7. The smallest absolute Gasteiger partial charge is 0.306 e. The predicted molar refractivity (Wildman–Crippen MR) is 256 cm³/mol. The second-order valence-corrected chi connectivity index (χ2v) is 17.4. The summed E-state index contributed by atoms with van der Waals surface area (Å²) in [5.74, 6) is -0.899. The van der Waals surface area contributed by atoms with Gasteiger partial charge in [-0.1, -0.05) is 198 Å². The van der Waals surface area contributed by atoms with Crippen LogP contribution in [-0.2, 0) is 28.6 Å². The lowest BCUT2D eigenvalue weighted by Crippen LogP contribution is -2.30. The van der Waals surface area contributed by atoms with E-state index in [1.165, 1.54) is 148 Å². The molecule has 0 amide bonds. The first-order valence-corrected chi connectivity index (χ1v) is 26.0. The molecular formula is C54H98O6. The van der Waals surface area contributed by atoms with Crippen LogP contribution in [0.25, 0.3) is 0 Å². The van der Waals surface area contributed by atoms with Crippen molar-refractivity contribution in [1.82, 2.24) is 0 Å². The zero-order chi connectivity index (χ0) is 43.7. The minimum Gasteiger partial charge on any atom is -0.462 e. The van der Waals surface area contributed by atoms with Crippen LogP contribution in [-0.4, -0.2) is 37.2 Å². The molecule has 0 aliphatic heterocycles. The van der Waals surface area contributed by atoms with Crippen LogP contribution in [0.1, 0.15) is 271 Å². The van der Waals surface area contributed by atoms with Gasteiger partial charge in [-0.05, 0) is 89.9 Å². The fourth-order valence-corrected chi connectivity index (χ4v) is 7.35. The molecule has 60 heavy (non-hydrogen) atoms. The van der Waals surface area contributed by atoms with Crippen LogP contribution in [0.4, 0.5) is 0 Å². The Kier molecular flexibility index (Phi) is 47.3. The third-order valence-electron chi connectivity index (χ3n) is 11.3. The average Bonchev–Trinajstić information content (AvgIpc) is 3.24. The fourth-order valence-electron chi connectivity index (χ4n) is 7.35. The zero-order valence-corrected chi connectivity index (χ0v) is 40.0. The number of hydrogen-bond donors (Lipinski definition) is 0. The molecule has 1 atom stereocenters. The van der Waals surface area contributed by atoms with Gasteiger partial charge in [-0.25, -0.2) is 0 Å². The Hall–Kier alpha value is -2.37. The molecule has 0 aromatic heterocycles. The van der Waals surface area contributed by atoms with Gasteiger partial charge < -0.3 is 14.2 Å². The summed E-state index contributed by atoms with van der Waals surface area (Å²) in [5.41, 5.74) is 0. The van der Waals surface area contributed by atoms with E-state index in [1.54, 1.807) is 0 Å². The van der Waals surface area contributed by atoms with Gasteiger partial charge in [0.15, 0.2) is 6.10 Å². The van der Waals surface area contributed by atoms with Crippen molar-refractivity contribution in [3.63, 3.8) is 0 Å². The van der Waals surface area contributed by atoms with Gasteiger partial charge >= 0.3 is 17.9 Å². The molecule has 0 bridgehead atoms. The highest BCUT2D eigenvalue weighted by molar-refractivity contribution is 5.71. The average molecular weight is 843 g/mol. The predicted octanol–water partition coefficient (Wildman–Crippen LogP) is 16.9. The van der Waals surface area contributed by atoms with Crippen LogP contribution in [0.2, 0.25) is 0 Å². The van der Waals surface area contributed by atoms with E-state index < -0.39 is 6.10 Å². The van der Waals surface area contributed by atoms with Crippen LogP contribution < -0.4 is 0 Å². The van der Waals surface area contributed by atoms with E-state index in [-0.39, 0.29) is 31.1 Å². The molecule has 0 aliphatic carbocycles. The van der Waals surface area contributed by atoms with Crippen molar-refractivity contribution < 1.29 is 28.6 Å². The van der Waals surface area contributed by atoms with Crippen LogP contribution in [0.5, 0.6) is 0 Å². The second-order valence-electron chi connectivity index (χ2n) is 17.4. The summed E-state index contributed by atoms with van der Waals surface area (Å²) >= 11 is 0. The standard InChI is InChI=1S/C54H98O6/c1-4-7-10-13-16-19-22-24-26-28-29-32-35-38-41-44-47-53(56)59-50-51(49-58-52(55)46-43-40-37-34-31-21-18-15-12-9-6-3)60-54(57)48-45-42-39-36-33-30-27-25-23-20-17-14-11-8-5-2/h15,18,25-28,51H,4-14,16-17,19-24,29-50H2,1-3H3/b18-15-,27-25-,28-26-. The van der Waals surface area contributed by atoms with Crippen LogP contribution in [0.15, 0.2) is 36.5 Å². The van der Waals surface area contributed by atoms with Gasteiger partial charge in [0.25, 0.3) is 0 Å². The molecule has 0 aromatic carbocycles. The minimum absolute atomic E-state index is 0.0810. The van der Waals surface area contributed by atoms with Gasteiger partial charge in [0, 0.05) is 19.3 Å². The molecule has 0 rings (SSSR count). The van der Waals surface area contributed by atoms with Crippen molar-refractivity contribution in [2.45, 2.75) is 277 Å². The van der Waals surface area contributed by atoms with E-state index in [2.05, 4.69) is 57.2 Å². The van der Waals surface area contributed by atoms with Gasteiger partial charge in [-0.15, -0.1) is 0 Å². The maximum atomic E-state index is 12.8. The molecule has 0 radical (unpaired) electrons. The SMILES string of the molecule is CCCC/C=C\CCCCCCCC(=O)OCC(COC(=O)CCCCCCC/C=C\CCCCCCCCC)OC(=O)CCCCCCC/C=C\CCCCCCCC. The molecule has 0 aliphatic rings. The summed E-state index contributed by atoms with van der Waals surface area (Å²) < 4.78 is 16.8. The third-order valence-corrected chi connectivity index (χ3v) is 11.3. The molecule has 350 valence electrons. The summed E-state index contributed by atoms with van der Waals surface area (Å²) in [5, 5.41) is 0. The molecule has 6 nitrogen and oxygen atoms in total. The number of carbonyl (C=O) groups is 3. The Bertz CT molecular complexity index is 1020. The summed E-state index contributed by atoms with van der Waals surface area (Å²) in [6, 6.07) is 0. The number of carbonyl (C=O) groups excluding carboxylic acids is 3. The van der Waals surface area contributed by atoms with Gasteiger partial charge in [-0.3, -0.25) is 14.4 Å². The molecule has 0 heterocycles. The highest BCUT2D eigenvalue weighted by Crippen LogP contribution is 2.14. The Labute approximate surface area is 372 Å².